The zero-order valence-electron chi connectivity index (χ0n) is 16.0. The summed E-state index contributed by atoms with van der Waals surface area (Å²) in [6.07, 6.45) is 0.822. The van der Waals surface area contributed by atoms with Crippen molar-refractivity contribution in [1.82, 2.24) is 4.98 Å². The Labute approximate surface area is 180 Å². The number of benzene rings is 2. The molecule has 0 unspecified atom stereocenters. The number of hydrogen-bond acceptors (Lipinski definition) is 6. The number of aromatic carboxylic acids is 2. The quantitative estimate of drug-likeness (QED) is 0.421. The van der Waals surface area contributed by atoms with Crippen LogP contribution in [0, 0.1) is 0 Å². The number of thiazole rings is 1. The van der Waals surface area contributed by atoms with Crippen LogP contribution in [-0.4, -0.2) is 39.0 Å². The highest BCUT2D eigenvalue weighted by Crippen LogP contribution is 2.20. The molecule has 0 aliphatic heterocycles. The predicted molar refractivity (Wildman–Crippen MR) is 114 cm³/mol. The van der Waals surface area contributed by atoms with Crippen molar-refractivity contribution in [1.29, 1.82) is 0 Å². The van der Waals surface area contributed by atoms with E-state index in [0.717, 1.165) is 35.1 Å². The van der Waals surface area contributed by atoms with Gasteiger partial charge in [-0.25, -0.2) is 14.6 Å². The fourth-order valence-corrected chi connectivity index (χ4v) is 3.37. The first-order valence-electron chi connectivity index (χ1n) is 9.04. The van der Waals surface area contributed by atoms with Gasteiger partial charge in [-0.05, 0) is 30.2 Å². The summed E-state index contributed by atoms with van der Waals surface area (Å²) in [7, 11) is 0. The minimum absolute atomic E-state index is 0.000891. The monoisotopic (exact) mass is 439 g/mol. The average Bonchev–Trinajstić information content (AvgIpc) is 3.21. The average molecular weight is 439 g/mol. The zero-order chi connectivity index (χ0) is 22.4. The Kier molecular flexibility index (Phi) is 6.73. The Bertz CT molecular complexity index is 1110. The number of aryl methyl sites for hydroxylation is 1. The zero-order valence-corrected chi connectivity index (χ0v) is 16.8. The highest BCUT2D eigenvalue weighted by Gasteiger charge is 2.16. The Morgan fingerprint density at radius 3 is 2.16 bits per heavy atom. The number of aromatic nitrogens is 1. The van der Waals surface area contributed by atoms with E-state index < -0.39 is 17.8 Å². The van der Waals surface area contributed by atoms with Gasteiger partial charge in [-0.1, -0.05) is 30.3 Å². The van der Waals surface area contributed by atoms with Crippen molar-refractivity contribution in [2.45, 2.75) is 12.8 Å². The molecule has 3 aromatic rings. The summed E-state index contributed by atoms with van der Waals surface area (Å²) in [6.45, 7) is 0. The fraction of sp³-hybridized carbons (Fsp3) is 0.0952. The van der Waals surface area contributed by atoms with Crippen molar-refractivity contribution in [2.24, 2.45) is 0 Å². The van der Waals surface area contributed by atoms with Crippen LogP contribution < -0.4 is 10.6 Å². The van der Waals surface area contributed by atoms with E-state index in [1.54, 1.807) is 0 Å². The molecule has 2 amide bonds. The lowest BCUT2D eigenvalue weighted by Gasteiger charge is -2.06. The van der Waals surface area contributed by atoms with Gasteiger partial charge in [0.15, 0.2) is 5.13 Å². The standard InChI is InChI=1S/C21H17N3O6S/c25-17(7-6-12-4-2-1-3-5-12)24-21-23-16(11-31-21)18(26)22-15-9-13(19(27)28)8-14(10-15)20(29)30/h1-5,8-11H,6-7H2,(H,22,26)(H,27,28)(H,29,30)(H,23,24,25). The summed E-state index contributed by atoms with van der Waals surface area (Å²) in [5, 5.41) is 25.0. The van der Waals surface area contributed by atoms with E-state index >= 15 is 0 Å². The number of nitrogens with one attached hydrogen (secondary N) is 2. The predicted octanol–water partition coefficient (Wildman–Crippen LogP) is 3.36. The lowest BCUT2D eigenvalue weighted by molar-refractivity contribution is -0.116. The van der Waals surface area contributed by atoms with Gasteiger partial charge in [-0.15, -0.1) is 11.3 Å². The molecule has 0 spiro atoms. The third-order valence-electron chi connectivity index (χ3n) is 4.15. The Morgan fingerprint density at radius 2 is 1.55 bits per heavy atom. The minimum atomic E-state index is -1.33. The van der Waals surface area contributed by atoms with Crippen molar-refractivity contribution in [2.75, 3.05) is 10.6 Å². The lowest BCUT2D eigenvalue weighted by atomic mass is 10.1. The van der Waals surface area contributed by atoms with Crippen LogP contribution in [0.15, 0.2) is 53.9 Å². The maximum absolute atomic E-state index is 12.4. The van der Waals surface area contributed by atoms with Gasteiger partial charge in [0.05, 0.1) is 11.1 Å². The van der Waals surface area contributed by atoms with E-state index in [1.165, 1.54) is 5.38 Å². The van der Waals surface area contributed by atoms with Gasteiger partial charge in [-0.2, -0.15) is 0 Å². The Hall–Kier alpha value is -4.05. The summed E-state index contributed by atoms with van der Waals surface area (Å²) in [4.78, 5) is 50.9. The van der Waals surface area contributed by atoms with E-state index in [1.807, 2.05) is 30.3 Å². The van der Waals surface area contributed by atoms with Gasteiger partial charge >= 0.3 is 11.9 Å². The molecule has 10 heteroatoms. The molecule has 0 saturated carbocycles. The largest absolute Gasteiger partial charge is 0.478 e. The third kappa shape index (κ3) is 5.97. The number of carbonyl (C=O) groups is 4. The summed E-state index contributed by atoms with van der Waals surface area (Å²) in [6, 6.07) is 12.8. The van der Waals surface area contributed by atoms with Crippen LogP contribution in [0.2, 0.25) is 0 Å². The second kappa shape index (κ2) is 9.63. The van der Waals surface area contributed by atoms with Crippen LogP contribution >= 0.6 is 11.3 Å². The van der Waals surface area contributed by atoms with E-state index in [-0.39, 0.29) is 40.0 Å². The number of hydrogen-bond donors (Lipinski definition) is 4. The molecule has 9 nitrogen and oxygen atoms in total. The van der Waals surface area contributed by atoms with Gasteiger partial charge in [-0.3, -0.25) is 9.59 Å². The maximum atomic E-state index is 12.4. The van der Waals surface area contributed by atoms with Crippen LogP contribution in [-0.2, 0) is 11.2 Å². The molecule has 158 valence electrons. The van der Waals surface area contributed by atoms with Gasteiger partial charge in [0, 0.05) is 17.5 Å². The second-order valence-electron chi connectivity index (χ2n) is 6.44. The second-order valence-corrected chi connectivity index (χ2v) is 7.29. The Morgan fingerprint density at radius 1 is 0.903 bits per heavy atom. The topological polar surface area (TPSA) is 146 Å². The molecule has 3 rings (SSSR count). The SMILES string of the molecule is O=C(CCc1ccccc1)Nc1nc(C(=O)Nc2cc(C(=O)O)cc(C(=O)O)c2)cs1. The first-order valence-corrected chi connectivity index (χ1v) is 9.92. The number of carboxylic acid groups (broad SMARTS) is 2. The van der Waals surface area contributed by atoms with Crippen LogP contribution in [0.3, 0.4) is 0 Å². The molecular formula is C21H17N3O6S. The molecule has 31 heavy (non-hydrogen) atoms. The summed E-state index contributed by atoms with van der Waals surface area (Å²) >= 11 is 1.06. The summed E-state index contributed by atoms with van der Waals surface area (Å²) in [5.74, 6) is -3.56. The fourth-order valence-electron chi connectivity index (χ4n) is 2.66. The van der Waals surface area contributed by atoms with Crippen molar-refractivity contribution in [3.8, 4) is 0 Å². The molecule has 0 fully saturated rings. The summed E-state index contributed by atoms with van der Waals surface area (Å²) in [5.41, 5.74) is 0.477. The number of carbonyl (C=O) groups excluding carboxylic acids is 2. The number of anilines is 2. The molecule has 1 heterocycles. The van der Waals surface area contributed by atoms with Crippen LogP contribution in [0.25, 0.3) is 0 Å². The molecule has 4 N–H and O–H groups in total. The number of amides is 2. The van der Waals surface area contributed by atoms with E-state index in [4.69, 9.17) is 10.2 Å². The molecule has 1 aromatic heterocycles. The highest BCUT2D eigenvalue weighted by molar-refractivity contribution is 7.14. The van der Waals surface area contributed by atoms with Crippen molar-refractivity contribution < 1.29 is 29.4 Å². The van der Waals surface area contributed by atoms with Crippen molar-refractivity contribution in [3.05, 3.63) is 76.3 Å². The van der Waals surface area contributed by atoms with Crippen LogP contribution in [0.4, 0.5) is 10.8 Å². The molecule has 0 bridgehead atoms. The van der Waals surface area contributed by atoms with Crippen molar-refractivity contribution >= 4 is 45.9 Å². The number of carboxylic acids is 2. The Balaban J connectivity index is 1.63. The minimum Gasteiger partial charge on any atom is -0.478 e. The van der Waals surface area contributed by atoms with Crippen LogP contribution in [0.1, 0.15) is 43.2 Å². The van der Waals surface area contributed by atoms with E-state index in [2.05, 4.69) is 15.6 Å². The van der Waals surface area contributed by atoms with Gasteiger partial charge in [0.25, 0.3) is 5.91 Å². The first-order chi connectivity index (χ1) is 14.8. The first kappa shape index (κ1) is 21.7. The molecule has 0 aliphatic carbocycles. The van der Waals surface area contributed by atoms with E-state index in [9.17, 15) is 19.2 Å². The molecule has 0 atom stereocenters. The van der Waals surface area contributed by atoms with E-state index in [0.29, 0.717) is 6.42 Å². The molecule has 2 aromatic carbocycles. The summed E-state index contributed by atoms with van der Waals surface area (Å²) < 4.78 is 0. The third-order valence-corrected chi connectivity index (χ3v) is 4.91. The molecule has 0 aliphatic rings. The number of rotatable bonds is 8. The molecule has 0 saturated heterocycles. The smallest absolute Gasteiger partial charge is 0.335 e. The normalized spacial score (nSPS) is 10.3. The van der Waals surface area contributed by atoms with Gasteiger partial charge < -0.3 is 20.8 Å². The molecular weight excluding hydrogens is 422 g/mol. The van der Waals surface area contributed by atoms with Crippen LogP contribution in [0.5, 0.6) is 0 Å². The maximum Gasteiger partial charge on any atom is 0.335 e. The number of nitrogens with zero attached hydrogens (tertiary/aromatic N) is 1. The highest BCUT2D eigenvalue weighted by atomic mass is 32.1. The molecule has 0 radical (unpaired) electrons. The van der Waals surface area contributed by atoms with Crippen molar-refractivity contribution in [3.63, 3.8) is 0 Å². The lowest BCUT2D eigenvalue weighted by Crippen LogP contribution is -2.15. The van der Waals surface area contributed by atoms with Gasteiger partial charge in [0.2, 0.25) is 5.91 Å². The van der Waals surface area contributed by atoms with Gasteiger partial charge in [0.1, 0.15) is 5.69 Å².